The molecule has 1 aliphatic rings. The van der Waals surface area contributed by atoms with Gasteiger partial charge in [-0.05, 0) is 12.8 Å². The molecule has 0 aromatic carbocycles. The second-order valence-corrected chi connectivity index (χ2v) is 4.06. The molecular weight excluding hydrogens is 250 g/mol. The van der Waals surface area contributed by atoms with Crippen molar-refractivity contribution in [3.05, 3.63) is 33.1 Å². The number of aliphatic hydroxyl groups excluding tert-OH is 1. The topological polar surface area (TPSA) is 105 Å². The van der Waals surface area contributed by atoms with Crippen molar-refractivity contribution in [2.24, 2.45) is 0 Å². The minimum absolute atomic E-state index is 0.430. The van der Waals surface area contributed by atoms with Crippen LogP contribution in [0.15, 0.2) is 21.9 Å². The first-order chi connectivity index (χ1) is 8.88. The van der Waals surface area contributed by atoms with Crippen molar-refractivity contribution in [3.63, 3.8) is 0 Å². The number of hydrogen-bond donors (Lipinski definition) is 3. The van der Waals surface area contributed by atoms with Crippen molar-refractivity contribution >= 4 is 15.7 Å². The Morgan fingerprint density at radius 3 is 2.53 bits per heavy atom. The van der Waals surface area contributed by atoms with E-state index in [9.17, 15) is 14.7 Å². The molecule has 2 rings (SSSR count). The molecule has 1 aromatic heterocycles. The van der Waals surface area contributed by atoms with E-state index in [1.54, 1.807) is 0 Å². The van der Waals surface area contributed by atoms with E-state index in [-0.39, 0.29) is 0 Å². The van der Waals surface area contributed by atoms with E-state index in [1.807, 2.05) is 0 Å². The van der Waals surface area contributed by atoms with Crippen molar-refractivity contribution < 1.29 is 14.9 Å². The molecule has 2 heterocycles. The standard InChI is InChI=1S/C9H10B2N2O4.CH4O/c10-9(11,16)5-1-2-7(17-5)13-4-3-6(14)12-8(13)15;1-2/h3-5,7,16H,1-2H2,(H,12,14,15);2H,1H3. The van der Waals surface area contributed by atoms with E-state index >= 15 is 0 Å². The second-order valence-electron chi connectivity index (χ2n) is 4.06. The number of ether oxygens (including phenoxy) is 1. The summed E-state index contributed by atoms with van der Waals surface area (Å²) in [4.78, 5) is 24.5. The summed E-state index contributed by atoms with van der Waals surface area (Å²) in [6.45, 7) is 0. The van der Waals surface area contributed by atoms with Crippen LogP contribution in [0.2, 0.25) is 0 Å². The first-order valence-corrected chi connectivity index (χ1v) is 5.60. The summed E-state index contributed by atoms with van der Waals surface area (Å²) in [5, 5.41) is 14.5. The lowest BCUT2D eigenvalue weighted by atomic mass is 9.61. The van der Waals surface area contributed by atoms with Gasteiger partial charge in [-0.2, -0.15) is 0 Å². The van der Waals surface area contributed by atoms with Crippen LogP contribution in [0.1, 0.15) is 19.1 Å². The van der Waals surface area contributed by atoms with Gasteiger partial charge in [0, 0.05) is 24.8 Å². The van der Waals surface area contributed by atoms with E-state index in [1.165, 1.54) is 16.8 Å². The van der Waals surface area contributed by atoms with Crippen molar-refractivity contribution in [2.45, 2.75) is 30.6 Å². The molecule has 100 valence electrons. The van der Waals surface area contributed by atoms with Crippen LogP contribution in [0, 0.1) is 0 Å². The zero-order valence-corrected chi connectivity index (χ0v) is 10.4. The molecule has 2 atom stereocenters. The van der Waals surface area contributed by atoms with E-state index in [0.717, 1.165) is 7.11 Å². The lowest BCUT2D eigenvalue weighted by Crippen LogP contribution is -2.43. The monoisotopic (exact) mass is 264 g/mol. The Labute approximate surface area is 112 Å². The summed E-state index contributed by atoms with van der Waals surface area (Å²) in [6.07, 6.45) is 0.919. The van der Waals surface area contributed by atoms with Crippen molar-refractivity contribution in [1.29, 1.82) is 0 Å². The first kappa shape index (κ1) is 15.7. The third-order valence-corrected chi connectivity index (χ3v) is 2.67. The molecule has 0 saturated carbocycles. The fourth-order valence-corrected chi connectivity index (χ4v) is 1.82. The third-order valence-electron chi connectivity index (χ3n) is 2.67. The van der Waals surface area contributed by atoms with Gasteiger partial charge in [-0.25, -0.2) is 4.79 Å². The van der Waals surface area contributed by atoms with Gasteiger partial charge >= 0.3 is 5.69 Å². The maximum absolute atomic E-state index is 11.5. The normalized spacial score (nSPS) is 22.7. The Morgan fingerprint density at radius 1 is 1.42 bits per heavy atom. The van der Waals surface area contributed by atoms with Crippen LogP contribution >= 0.6 is 0 Å². The smallest absolute Gasteiger partial charge is 0.330 e. The van der Waals surface area contributed by atoms with Gasteiger partial charge in [0.15, 0.2) is 0 Å². The number of aromatic nitrogens is 2. The number of nitrogens with zero attached hydrogens (tertiary/aromatic N) is 1. The van der Waals surface area contributed by atoms with Crippen molar-refractivity contribution in [3.8, 4) is 0 Å². The number of hydrogen-bond acceptors (Lipinski definition) is 5. The predicted molar refractivity (Wildman–Crippen MR) is 69.1 cm³/mol. The van der Waals surface area contributed by atoms with E-state index in [0.29, 0.717) is 12.8 Å². The van der Waals surface area contributed by atoms with Crippen LogP contribution < -0.4 is 11.2 Å². The summed E-state index contributed by atoms with van der Waals surface area (Å²) in [5.41, 5.74) is -1.05. The number of aliphatic hydroxyl groups is 2. The first-order valence-electron chi connectivity index (χ1n) is 5.60. The Balaban J connectivity index is 0.000000861. The highest BCUT2D eigenvalue weighted by atomic mass is 16.5. The molecule has 0 amide bonds. The Kier molecular flexibility index (Phi) is 5.16. The van der Waals surface area contributed by atoms with Gasteiger partial charge in [0.05, 0.1) is 6.10 Å². The van der Waals surface area contributed by atoms with Gasteiger partial charge in [-0.3, -0.25) is 14.3 Å². The number of H-pyrrole nitrogens is 1. The maximum atomic E-state index is 11.5. The van der Waals surface area contributed by atoms with E-state index in [2.05, 4.69) is 4.98 Å². The van der Waals surface area contributed by atoms with Gasteiger partial charge in [0.25, 0.3) is 5.56 Å². The summed E-state index contributed by atoms with van der Waals surface area (Å²) in [7, 11) is 11.6. The van der Waals surface area contributed by atoms with Crippen LogP contribution in [0.3, 0.4) is 0 Å². The molecule has 0 aliphatic carbocycles. The zero-order chi connectivity index (χ0) is 14.6. The highest BCUT2D eigenvalue weighted by Gasteiger charge is 2.35. The van der Waals surface area contributed by atoms with E-state index in [4.69, 9.17) is 25.5 Å². The highest BCUT2D eigenvalue weighted by Crippen LogP contribution is 2.30. The molecule has 4 radical (unpaired) electrons. The van der Waals surface area contributed by atoms with Gasteiger partial charge in [0.2, 0.25) is 0 Å². The molecular formula is C10H14B2N2O5. The summed E-state index contributed by atoms with van der Waals surface area (Å²) in [5.74, 6) is 0. The van der Waals surface area contributed by atoms with Crippen LogP contribution in [0.25, 0.3) is 0 Å². The SMILES string of the molecule is CO.[B]C([B])(O)C1CCC(n2ccc(=O)[nH]c2=O)O1. The fourth-order valence-electron chi connectivity index (χ4n) is 1.82. The number of rotatable bonds is 2. The van der Waals surface area contributed by atoms with E-state index < -0.39 is 29.0 Å². The lowest BCUT2D eigenvalue weighted by molar-refractivity contribution is -0.0502. The Morgan fingerprint density at radius 2 is 2.05 bits per heavy atom. The summed E-state index contributed by atoms with van der Waals surface area (Å²) >= 11 is 0. The maximum Gasteiger partial charge on any atom is 0.330 e. The molecule has 0 spiro atoms. The Hall–Kier alpha value is -1.31. The molecule has 1 aliphatic heterocycles. The van der Waals surface area contributed by atoms with Gasteiger partial charge < -0.3 is 14.9 Å². The molecule has 0 bridgehead atoms. The average Bonchev–Trinajstić information content (AvgIpc) is 2.80. The van der Waals surface area contributed by atoms with Crippen LogP contribution in [-0.2, 0) is 4.74 Å². The molecule has 19 heavy (non-hydrogen) atoms. The van der Waals surface area contributed by atoms with Gasteiger partial charge in [-0.15, -0.1) is 0 Å². The number of aromatic amines is 1. The molecule has 1 fully saturated rings. The zero-order valence-electron chi connectivity index (χ0n) is 10.4. The van der Waals surface area contributed by atoms with Gasteiger partial charge in [0.1, 0.15) is 21.9 Å². The van der Waals surface area contributed by atoms with Crippen molar-refractivity contribution in [2.75, 3.05) is 7.11 Å². The lowest BCUT2D eigenvalue weighted by Gasteiger charge is -2.26. The summed E-state index contributed by atoms with van der Waals surface area (Å²) in [6, 6.07) is 1.22. The molecule has 7 nitrogen and oxygen atoms in total. The Bertz CT molecular complexity index is 522. The number of nitrogens with one attached hydrogen (secondary N) is 1. The molecule has 9 heteroatoms. The highest BCUT2D eigenvalue weighted by molar-refractivity contribution is 6.39. The molecule has 2 unspecified atom stereocenters. The predicted octanol–water partition coefficient (Wildman–Crippen LogP) is -2.19. The van der Waals surface area contributed by atoms with Crippen LogP contribution in [0.5, 0.6) is 0 Å². The third kappa shape index (κ3) is 3.82. The molecule has 1 aromatic rings. The average molecular weight is 264 g/mol. The van der Waals surface area contributed by atoms with Gasteiger partial charge in [-0.1, -0.05) is 0 Å². The largest absolute Gasteiger partial charge is 0.407 e. The molecule has 3 N–H and O–H groups in total. The molecule has 1 saturated heterocycles. The quantitative estimate of drug-likeness (QED) is 0.526. The summed E-state index contributed by atoms with van der Waals surface area (Å²) < 4.78 is 6.60. The van der Waals surface area contributed by atoms with Crippen LogP contribution in [0.4, 0.5) is 0 Å². The fraction of sp³-hybridized carbons (Fsp3) is 0.600. The minimum atomic E-state index is -1.93. The van der Waals surface area contributed by atoms with Crippen LogP contribution in [-0.4, -0.2) is 54.1 Å². The second kappa shape index (κ2) is 6.23. The van der Waals surface area contributed by atoms with Crippen molar-refractivity contribution in [1.82, 2.24) is 9.55 Å². The minimum Gasteiger partial charge on any atom is -0.407 e.